The molecule has 124 valence electrons. The van der Waals surface area contributed by atoms with Crippen LogP contribution in [0, 0.1) is 0 Å². The van der Waals surface area contributed by atoms with Gasteiger partial charge in [-0.2, -0.15) is 0 Å². The predicted molar refractivity (Wildman–Crippen MR) is 91.3 cm³/mol. The number of rotatable bonds is 5. The molecule has 0 N–H and O–H groups in total. The number of aromatic nitrogens is 2. The molecule has 24 heavy (non-hydrogen) atoms. The van der Waals surface area contributed by atoms with Gasteiger partial charge in [0.25, 0.3) is 5.89 Å². The number of ether oxygens (including phenoxy) is 1. The maximum Gasteiger partial charge on any atom is 0.254 e. The first-order valence-electron chi connectivity index (χ1n) is 6.93. The van der Waals surface area contributed by atoms with Crippen molar-refractivity contribution in [3.05, 3.63) is 58.9 Å². The lowest BCUT2D eigenvalue weighted by molar-refractivity contribution is 0.264. The van der Waals surface area contributed by atoms with Crippen molar-refractivity contribution in [3.63, 3.8) is 0 Å². The van der Waals surface area contributed by atoms with Crippen LogP contribution in [0.15, 0.2) is 62.3 Å². The molecule has 0 spiro atoms. The van der Waals surface area contributed by atoms with E-state index in [1.165, 1.54) is 12.1 Å². The third kappa shape index (κ3) is 4.01. The van der Waals surface area contributed by atoms with Gasteiger partial charge in [0.05, 0.1) is 4.90 Å². The summed E-state index contributed by atoms with van der Waals surface area (Å²) in [4.78, 5) is 0.195. The van der Waals surface area contributed by atoms with E-state index < -0.39 is 9.84 Å². The van der Waals surface area contributed by atoms with Gasteiger partial charge in [-0.15, -0.1) is 10.2 Å². The molecule has 0 radical (unpaired) electrons. The zero-order valence-electron chi connectivity index (χ0n) is 12.6. The van der Waals surface area contributed by atoms with E-state index >= 15 is 0 Å². The molecule has 1 heterocycles. The number of benzene rings is 2. The molecule has 0 saturated carbocycles. The summed E-state index contributed by atoms with van der Waals surface area (Å²) in [5.41, 5.74) is 0.794. The van der Waals surface area contributed by atoms with Crippen LogP contribution in [0.2, 0.25) is 0 Å². The van der Waals surface area contributed by atoms with E-state index in [4.69, 9.17) is 9.15 Å². The Morgan fingerprint density at radius 2 is 1.92 bits per heavy atom. The summed E-state index contributed by atoms with van der Waals surface area (Å²) < 4.78 is 35.1. The first-order valence-corrected chi connectivity index (χ1v) is 9.61. The molecule has 0 amide bonds. The molecule has 3 rings (SSSR count). The average molecular weight is 409 g/mol. The van der Waals surface area contributed by atoms with E-state index in [1.807, 2.05) is 24.3 Å². The summed E-state index contributed by atoms with van der Waals surface area (Å²) in [5, 5.41) is 7.92. The molecule has 2 aromatic carbocycles. The highest BCUT2D eigenvalue weighted by Crippen LogP contribution is 2.23. The van der Waals surface area contributed by atoms with Gasteiger partial charge in [0.15, 0.2) is 16.4 Å². The average Bonchev–Trinajstić information content (AvgIpc) is 3.01. The predicted octanol–water partition coefficient (Wildman–Crippen LogP) is 3.48. The van der Waals surface area contributed by atoms with Crippen LogP contribution in [0.25, 0.3) is 11.5 Å². The molecular weight excluding hydrogens is 396 g/mol. The van der Waals surface area contributed by atoms with E-state index in [1.54, 1.807) is 12.1 Å². The van der Waals surface area contributed by atoms with Gasteiger partial charge in [0.2, 0.25) is 5.89 Å². The standard InChI is InChI=1S/C16H13BrN2O4S/c1-24(20,21)14-7-3-6-13(9-14)22-10-15-18-19-16(23-15)11-4-2-5-12(17)8-11/h2-9H,10H2,1H3. The van der Waals surface area contributed by atoms with Gasteiger partial charge in [0, 0.05) is 16.3 Å². The molecule has 0 fully saturated rings. The number of hydrogen-bond acceptors (Lipinski definition) is 6. The van der Waals surface area contributed by atoms with Gasteiger partial charge >= 0.3 is 0 Å². The van der Waals surface area contributed by atoms with Gasteiger partial charge < -0.3 is 9.15 Å². The maximum atomic E-state index is 11.5. The van der Waals surface area contributed by atoms with Crippen LogP contribution in [-0.2, 0) is 16.4 Å². The fourth-order valence-corrected chi connectivity index (χ4v) is 3.05. The van der Waals surface area contributed by atoms with Crippen molar-refractivity contribution in [3.8, 4) is 17.2 Å². The molecular formula is C16H13BrN2O4S. The topological polar surface area (TPSA) is 82.3 Å². The van der Waals surface area contributed by atoms with Crippen LogP contribution in [0.4, 0.5) is 0 Å². The Bertz CT molecular complexity index is 969. The first-order chi connectivity index (χ1) is 11.4. The van der Waals surface area contributed by atoms with Crippen molar-refractivity contribution in [2.24, 2.45) is 0 Å². The van der Waals surface area contributed by atoms with E-state index in [9.17, 15) is 8.42 Å². The summed E-state index contributed by atoms with van der Waals surface area (Å²) in [7, 11) is -3.28. The second kappa shape index (κ2) is 6.74. The Morgan fingerprint density at radius 3 is 2.67 bits per heavy atom. The lowest BCUT2D eigenvalue weighted by atomic mass is 10.2. The molecule has 8 heteroatoms. The van der Waals surface area contributed by atoms with Gasteiger partial charge in [-0.05, 0) is 36.4 Å². The van der Waals surface area contributed by atoms with E-state index in [0.29, 0.717) is 17.5 Å². The summed E-state index contributed by atoms with van der Waals surface area (Å²) in [6.07, 6.45) is 1.15. The van der Waals surface area contributed by atoms with Crippen LogP contribution in [0.1, 0.15) is 5.89 Å². The van der Waals surface area contributed by atoms with Gasteiger partial charge in [-0.25, -0.2) is 8.42 Å². The molecule has 0 unspecified atom stereocenters. The fraction of sp³-hybridized carbons (Fsp3) is 0.125. The number of hydrogen-bond donors (Lipinski definition) is 0. The van der Waals surface area contributed by atoms with Crippen molar-refractivity contribution in [2.45, 2.75) is 11.5 Å². The Morgan fingerprint density at radius 1 is 1.12 bits per heavy atom. The second-order valence-corrected chi connectivity index (χ2v) is 7.98. The number of halogens is 1. The van der Waals surface area contributed by atoms with Crippen molar-refractivity contribution in [1.82, 2.24) is 10.2 Å². The Kier molecular flexibility index (Phi) is 4.68. The zero-order valence-corrected chi connectivity index (χ0v) is 15.0. The highest BCUT2D eigenvalue weighted by molar-refractivity contribution is 9.10. The van der Waals surface area contributed by atoms with E-state index in [2.05, 4.69) is 26.1 Å². The van der Waals surface area contributed by atoms with Crippen LogP contribution >= 0.6 is 15.9 Å². The molecule has 0 aliphatic rings. The highest BCUT2D eigenvalue weighted by atomic mass is 79.9. The molecule has 6 nitrogen and oxygen atoms in total. The van der Waals surface area contributed by atoms with Crippen LogP contribution < -0.4 is 4.74 Å². The van der Waals surface area contributed by atoms with Crippen LogP contribution in [-0.4, -0.2) is 24.9 Å². The van der Waals surface area contributed by atoms with E-state index in [-0.39, 0.29) is 11.5 Å². The lowest BCUT2D eigenvalue weighted by Gasteiger charge is -2.05. The largest absolute Gasteiger partial charge is 0.484 e. The smallest absolute Gasteiger partial charge is 0.254 e. The van der Waals surface area contributed by atoms with E-state index in [0.717, 1.165) is 16.3 Å². The Balaban J connectivity index is 1.72. The molecule has 0 aliphatic heterocycles. The molecule has 0 bridgehead atoms. The monoisotopic (exact) mass is 408 g/mol. The Hall–Kier alpha value is -2.19. The van der Waals surface area contributed by atoms with Crippen molar-refractivity contribution in [1.29, 1.82) is 0 Å². The van der Waals surface area contributed by atoms with Gasteiger partial charge in [-0.1, -0.05) is 28.1 Å². The third-order valence-corrected chi connectivity index (χ3v) is 4.74. The van der Waals surface area contributed by atoms with Crippen molar-refractivity contribution >= 4 is 25.8 Å². The molecule has 3 aromatic rings. The minimum Gasteiger partial charge on any atom is -0.484 e. The molecule has 1 aromatic heterocycles. The molecule has 0 aliphatic carbocycles. The first kappa shape index (κ1) is 16.7. The SMILES string of the molecule is CS(=O)(=O)c1cccc(OCc2nnc(-c3cccc(Br)c3)o2)c1. The van der Waals surface area contributed by atoms with Crippen molar-refractivity contribution < 1.29 is 17.6 Å². The third-order valence-electron chi connectivity index (χ3n) is 3.13. The van der Waals surface area contributed by atoms with Gasteiger partial charge in [-0.3, -0.25) is 0 Å². The van der Waals surface area contributed by atoms with Crippen LogP contribution in [0.3, 0.4) is 0 Å². The number of sulfone groups is 1. The second-order valence-electron chi connectivity index (χ2n) is 5.05. The minimum atomic E-state index is -3.28. The minimum absolute atomic E-state index is 0.0498. The van der Waals surface area contributed by atoms with Gasteiger partial charge in [0.1, 0.15) is 5.75 Å². The zero-order chi connectivity index (χ0) is 17.2. The summed E-state index contributed by atoms with van der Waals surface area (Å²) in [6.45, 7) is 0.0498. The summed E-state index contributed by atoms with van der Waals surface area (Å²) in [6, 6.07) is 13.8. The normalized spacial score (nSPS) is 11.4. The Labute approximate surface area is 147 Å². The summed E-state index contributed by atoms with van der Waals surface area (Å²) in [5.74, 6) is 1.11. The quantitative estimate of drug-likeness (QED) is 0.642. The van der Waals surface area contributed by atoms with Crippen LogP contribution in [0.5, 0.6) is 5.75 Å². The maximum absolute atomic E-state index is 11.5. The molecule has 0 saturated heterocycles. The lowest BCUT2D eigenvalue weighted by Crippen LogP contribution is -1.99. The fourth-order valence-electron chi connectivity index (χ4n) is 1.99. The molecule has 0 atom stereocenters. The number of nitrogens with zero attached hydrogens (tertiary/aromatic N) is 2. The highest BCUT2D eigenvalue weighted by Gasteiger charge is 2.11. The summed E-state index contributed by atoms with van der Waals surface area (Å²) >= 11 is 3.39. The van der Waals surface area contributed by atoms with Crippen molar-refractivity contribution in [2.75, 3.05) is 6.26 Å².